The molecule has 4 heteroatoms. The van der Waals surface area contributed by atoms with Gasteiger partial charge in [0.25, 0.3) is 5.91 Å². The lowest BCUT2D eigenvalue weighted by Gasteiger charge is -2.07. The van der Waals surface area contributed by atoms with Gasteiger partial charge >= 0.3 is 5.97 Å². The van der Waals surface area contributed by atoms with Crippen LogP contribution >= 0.6 is 0 Å². The number of amides is 1. The lowest BCUT2D eigenvalue weighted by molar-refractivity contribution is -0.146. The highest BCUT2D eigenvalue weighted by molar-refractivity contribution is 6.04. The number of hydrogen-bond donors (Lipinski definition) is 1. The lowest BCUT2D eigenvalue weighted by Crippen LogP contribution is -2.12. The molecule has 3 rings (SSSR count). The molecule has 2 aromatic rings. The molecule has 112 valence electrons. The molecule has 0 bridgehead atoms. The molecule has 22 heavy (non-hydrogen) atoms. The van der Waals surface area contributed by atoms with Crippen molar-refractivity contribution in [1.82, 2.24) is 0 Å². The number of nitrogens with one attached hydrogen (secondary N) is 1. The number of ether oxygens (including phenoxy) is 1. The average Bonchev–Trinajstić information content (AvgIpc) is 3.39. The molecule has 1 N–H and O–H groups in total. The van der Waals surface area contributed by atoms with Crippen molar-refractivity contribution in [2.45, 2.75) is 19.4 Å². The fourth-order valence-corrected chi connectivity index (χ4v) is 2.07. The average molecular weight is 295 g/mol. The predicted octanol–water partition coefficient (Wildman–Crippen LogP) is 3.39. The number of rotatable bonds is 5. The van der Waals surface area contributed by atoms with Crippen LogP contribution in [0.5, 0.6) is 0 Å². The number of esters is 1. The minimum Gasteiger partial charge on any atom is -0.461 e. The second-order valence-electron chi connectivity index (χ2n) is 5.40. The summed E-state index contributed by atoms with van der Waals surface area (Å²) in [6.07, 6.45) is 1.88. The third kappa shape index (κ3) is 3.73. The molecule has 0 unspecified atom stereocenters. The van der Waals surface area contributed by atoms with E-state index in [0.29, 0.717) is 5.56 Å². The maximum absolute atomic E-state index is 12.1. The van der Waals surface area contributed by atoms with Crippen molar-refractivity contribution in [2.24, 2.45) is 5.92 Å². The maximum atomic E-state index is 12.1. The second kappa shape index (κ2) is 6.43. The molecule has 0 spiro atoms. The molecule has 0 aromatic heterocycles. The van der Waals surface area contributed by atoms with Crippen molar-refractivity contribution in [2.75, 3.05) is 5.32 Å². The van der Waals surface area contributed by atoms with Gasteiger partial charge in [0.1, 0.15) is 6.61 Å². The normalized spacial score (nSPS) is 13.5. The number of carbonyl (C=O) groups is 2. The van der Waals surface area contributed by atoms with E-state index < -0.39 is 0 Å². The van der Waals surface area contributed by atoms with E-state index in [4.69, 9.17) is 4.74 Å². The number of hydrogen-bond acceptors (Lipinski definition) is 3. The highest BCUT2D eigenvalue weighted by atomic mass is 16.5. The minimum absolute atomic E-state index is 0.107. The monoisotopic (exact) mass is 295 g/mol. The van der Waals surface area contributed by atoms with E-state index in [-0.39, 0.29) is 24.4 Å². The van der Waals surface area contributed by atoms with Crippen molar-refractivity contribution < 1.29 is 14.3 Å². The van der Waals surface area contributed by atoms with Crippen LogP contribution in [0.3, 0.4) is 0 Å². The molecular formula is C18H17NO3. The Bertz CT molecular complexity index is 660. The van der Waals surface area contributed by atoms with E-state index in [2.05, 4.69) is 5.32 Å². The summed E-state index contributed by atoms with van der Waals surface area (Å²) >= 11 is 0. The third-order valence-corrected chi connectivity index (χ3v) is 3.54. The second-order valence-corrected chi connectivity index (χ2v) is 5.40. The van der Waals surface area contributed by atoms with Crippen molar-refractivity contribution in [1.29, 1.82) is 0 Å². The minimum atomic E-state index is -0.160. The lowest BCUT2D eigenvalue weighted by atomic mass is 10.1. The quantitative estimate of drug-likeness (QED) is 0.860. The van der Waals surface area contributed by atoms with Gasteiger partial charge in [0.15, 0.2) is 0 Å². The van der Waals surface area contributed by atoms with Crippen LogP contribution in [0, 0.1) is 5.92 Å². The number of carbonyl (C=O) groups excluding carboxylic acids is 2. The standard InChI is InChI=1S/C18H17NO3/c20-17(19-16-4-2-1-3-5-16)14-8-6-13(7-9-14)12-22-18(21)15-10-11-15/h1-9,15H,10-12H2,(H,19,20). The first kappa shape index (κ1) is 14.3. The third-order valence-electron chi connectivity index (χ3n) is 3.54. The smallest absolute Gasteiger partial charge is 0.309 e. The van der Waals surface area contributed by atoms with Crippen LogP contribution < -0.4 is 5.32 Å². The van der Waals surface area contributed by atoms with Crippen molar-refractivity contribution in [3.8, 4) is 0 Å². The molecule has 1 fully saturated rings. The Hall–Kier alpha value is -2.62. The van der Waals surface area contributed by atoms with Crippen LogP contribution in [0.4, 0.5) is 5.69 Å². The van der Waals surface area contributed by atoms with Gasteiger partial charge < -0.3 is 10.1 Å². The summed E-state index contributed by atoms with van der Waals surface area (Å²) in [4.78, 5) is 23.6. The molecule has 4 nitrogen and oxygen atoms in total. The molecule has 1 aliphatic carbocycles. The van der Waals surface area contributed by atoms with Crippen molar-refractivity contribution >= 4 is 17.6 Å². The first-order chi connectivity index (χ1) is 10.7. The Morgan fingerprint density at radius 1 is 1.00 bits per heavy atom. The van der Waals surface area contributed by atoms with Crippen molar-refractivity contribution in [3.05, 3.63) is 65.7 Å². The van der Waals surface area contributed by atoms with Gasteiger partial charge in [0, 0.05) is 11.3 Å². The summed E-state index contributed by atoms with van der Waals surface area (Å²) in [6, 6.07) is 16.4. The zero-order valence-corrected chi connectivity index (χ0v) is 12.1. The Morgan fingerprint density at radius 2 is 1.68 bits per heavy atom. The van der Waals surface area contributed by atoms with Gasteiger partial charge in [0.2, 0.25) is 0 Å². The first-order valence-corrected chi connectivity index (χ1v) is 7.34. The Kier molecular flexibility index (Phi) is 4.19. The maximum Gasteiger partial charge on any atom is 0.309 e. The SMILES string of the molecule is O=C(Nc1ccccc1)c1ccc(COC(=O)C2CC2)cc1. The van der Waals surface area contributed by atoms with Crippen LogP contribution in [0.1, 0.15) is 28.8 Å². The topological polar surface area (TPSA) is 55.4 Å². The van der Waals surface area contributed by atoms with Gasteiger partial charge in [-0.2, -0.15) is 0 Å². The summed E-state index contributed by atoms with van der Waals surface area (Å²) in [7, 11) is 0. The van der Waals surface area contributed by atoms with E-state index in [9.17, 15) is 9.59 Å². The molecule has 0 heterocycles. The summed E-state index contributed by atoms with van der Waals surface area (Å²) in [5.41, 5.74) is 2.21. The van der Waals surface area contributed by atoms with Crippen LogP contribution in [0.2, 0.25) is 0 Å². The van der Waals surface area contributed by atoms with Gasteiger partial charge in [-0.15, -0.1) is 0 Å². The van der Waals surface area contributed by atoms with Crippen LogP contribution in [0.15, 0.2) is 54.6 Å². The molecule has 1 saturated carbocycles. The molecule has 0 radical (unpaired) electrons. The molecule has 0 atom stereocenters. The van der Waals surface area contributed by atoms with Gasteiger partial charge in [-0.3, -0.25) is 9.59 Å². The largest absolute Gasteiger partial charge is 0.461 e. The highest BCUT2D eigenvalue weighted by Gasteiger charge is 2.31. The van der Waals surface area contributed by atoms with E-state index >= 15 is 0 Å². The Balaban J connectivity index is 1.56. The van der Waals surface area contributed by atoms with Gasteiger partial charge in [-0.1, -0.05) is 30.3 Å². The fourth-order valence-electron chi connectivity index (χ4n) is 2.07. The molecule has 2 aromatic carbocycles. The Morgan fingerprint density at radius 3 is 2.32 bits per heavy atom. The molecule has 0 aliphatic heterocycles. The van der Waals surface area contributed by atoms with Gasteiger partial charge in [-0.25, -0.2) is 0 Å². The first-order valence-electron chi connectivity index (χ1n) is 7.34. The van der Waals surface area contributed by atoms with Crippen LogP contribution in [-0.2, 0) is 16.1 Å². The van der Waals surface area contributed by atoms with Crippen molar-refractivity contribution in [3.63, 3.8) is 0 Å². The zero-order valence-electron chi connectivity index (χ0n) is 12.1. The van der Waals surface area contributed by atoms with Crippen LogP contribution in [0.25, 0.3) is 0 Å². The molecule has 1 amide bonds. The highest BCUT2D eigenvalue weighted by Crippen LogP contribution is 2.30. The molecular weight excluding hydrogens is 278 g/mol. The summed E-state index contributed by atoms with van der Waals surface area (Å²) in [6.45, 7) is 0.260. The summed E-state index contributed by atoms with van der Waals surface area (Å²) in [5, 5.41) is 2.83. The van der Waals surface area contributed by atoms with E-state index in [1.165, 1.54) is 0 Å². The number of anilines is 1. The van der Waals surface area contributed by atoms with E-state index in [1.807, 2.05) is 30.3 Å². The summed E-state index contributed by atoms with van der Waals surface area (Å²) in [5.74, 6) is -0.172. The Labute approximate surface area is 129 Å². The van der Waals surface area contributed by atoms with E-state index in [1.54, 1.807) is 24.3 Å². The number of para-hydroxylation sites is 1. The van der Waals surface area contributed by atoms with Gasteiger partial charge in [0.05, 0.1) is 5.92 Å². The fraction of sp³-hybridized carbons (Fsp3) is 0.222. The zero-order chi connectivity index (χ0) is 15.4. The van der Waals surface area contributed by atoms with E-state index in [0.717, 1.165) is 24.1 Å². The predicted molar refractivity (Wildman–Crippen MR) is 83.4 cm³/mol. The van der Waals surface area contributed by atoms with Crippen LogP contribution in [-0.4, -0.2) is 11.9 Å². The van der Waals surface area contributed by atoms with Gasteiger partial charge in [-0.05, 0) is 42.7 Å². The number of benzene rings is 2. The summed E-state index contributed by atoms with van der Waals surface area (Å²) < 4.78 is 5.21. The molecule has 1 aliphatic rings. The molecule has 0 saturated heterocycles.